The quantitative estimate of drug-likeness (QED) is 0.210. The lowest BCUT2D eigenvalue weighted by molar-refractivity contribution is -0.977. The summed E-state index contributed by atoms with van der Waals surface area (Å²) >= 11 is 0. The standard InChI is InChI=1S/C17H22F3NO7S/c1-4-7-11(28-29(24,25)26)10-21(23)14(27-15(22)17(18,19)20)12-8-5-6-9-13(12)16(21,2)3/h5-6,8-9,11,14H,4,7,10H2,1-3H3,(H,24,25,26)/p-1. The van der Waals surface area contributed by atoms with E-state index >= 15 is 0 Å². The van der Waals surface area contributed by atoms with Gasteiger partial charge in [-0.1, -0.05) is 31.5 Å². The Morgan fingerprint density at radius 3 is 2.41 bits per heavy atom. The first-order chi connectivity index (χ1) is 13.1. The Morgan fingerprint density at radius 2 is 1.90 bits per heavy atom. The van der Waals surface area contributed by atoms with Gasteiger partial charge in [-0.05, 0) is 26.3 Å². The number of quaternary nitrogens is 1. The van der Waals surface area contributed by atoms with Crippen molar-refractivity contribution < 1.29 is 44.5 Å². The van der Waals surface area contributed by atoms with Crippen LogP contribution in [0.4, 0.5) is 13.2 Å². The van der Waals surface area contributed by atoms with Crippen molar-refractivity contribution in [3.05, 3.63) is 40.6 Å². The van der Waals surface area contributed by atoms with Gasteiger partial charge in [0.1, 0.15) is 18.2 Å². The number of ether oxygens (including phenoxy) is 1. The minimum atomic E-state index is -5.33. The zero-order valence-electron chi connectivity index (χ0n) is 15.9. The Morgan fingerprint density at radius 1 is 1.31 bits per heavy atom. The number of benzene rings is 1. The van der Waals surface area contributed by atoms with E-state index < -0.39 is 51.6 Å². The molecule has 1 aliphatic heterocycles. The molecule has 1 aliphatic rings. The minimum absolute atomic E-state index is 0.0178. The molecule has 0 bridgehead atoms. The van der Waals surface area contributed by atoms with Gasteiger partial charge in [-0.3, -0.25) is 4.18 Å². The second kappa shape index (κ2) is 7.84. The molecule has 12 heteroatoms. The largest absolute Gasteiger partial charge is 0.726 e. The zero-order chi connectivity index (χ0) is 22.3. The van der Waals surface area contributed by atoms with Crippen molar-refractivity contribution in [1.29, 1.82) is 0 Å². The molecule has 1 aromatic carbocycles. The summed E-state index contributed by atoms with van der Waals surface area (Å²) in [7, 11) is -5.17. The van der Waals surface area contributed by atoms with Crippen LogP contribution in [0.3, 0.4) is 0 Å². The molecule has 8 nitrogen and oxygen atoms in total. The van der Waals surface area contributed by atoms with Crippen LogP contribution in [-0.4, -0.2) is 42.4 Å². The summed E-state index contributed by atoms with van der Waals surface area (Å²) in [6, 6.07) is 5.92. The fraction of sp³-hybridized carbons (Fsp3) is 0.588. The number of nitrogens with zero attached hydrogens (tertiary/aromatic N) is 1. The zero-order valence-corrected chi connectivity index (χ0v) is 16.7. The number of carbonyl (C=O) groups excluding carboxylic acids is 1. The van der Waals surface area contributed by atoms with Crippen LogP contribution >= 0.6 is 0 Å². The Kier molecular flexibility index (Phi) is 6.36. The van der Waals surface area contributed by atoms with Gasteiger partial charge >= 0.3 is 12.1 Å². The van der Waals surface area contributed by atoms with E-state index in [2.05, 4.69) is 8.92 Å². The molecule has 164 valence electrons. The SMILES string of the molecule is CCCC(C[N+]1([O-])C(OC(=O)C(F)(F)F)c2ccccc2C1(C)C)OS(=O)(=O)[O-]. The van der Waals surface area contributed by atoms with Crippen molar-refractivity contribution in [2.75, 3.05) is 6.54 Å². The van der Waals surface area contributed by atoms with Crippen molar-refractivity contribution in [2.24, 2.45) is 0 Å². The van der Waals surface area contributed by atoms with Gasteiger partial charge in [-0.2, -0.15) is 13.2 Å². The number of carbonyl (C=O) groups is 1. The molecule has 0 radical (unpaired) electrons. The minimum Gasteiger partial charge on any atom is -0.726 e. The number of rotatable bonds is 7. The normalized spacial score (nSPS) is 24.8. The van der Waals surface area contributed by atoms with Crippen LogP contribution in [0.5, 0.6) is 0 Å². The second-order valence-corrected chi connectivity index (χ2v) is 8.30. The van der Waals surface area contributed by atoms with Gasteiger partial charge in [0.05, 0.1) is 5.56 Å². The maximum Gasteiger partial charge on any atom is 0.491 e. The van der Waals surface area contributed by atoms with E-state index in [9.17, 15) is 36.1 Å². The fourth-order valence-corrected chi connectivity index (χ4v) is 4.08. The molecule has 3 unspecified atom stereocenters. The van der Waals surface area contributed by atoms with E-state index in [4.69, 9.17) is 0 Å². The van der Waals surface area contributed by atoms with Crippen LogP contribution < -0.4 is 0 Å². The number of alkyl halides is 3. The molecule has 0 saturated heterocycles. The van der Waals surface area contributed by atoms with Crippen molar-refractivity contribution in [3.8, 4) is 0 Å². The fourth-order valence-electron chi connectivity index (χ4n) is 3.59. The summed E-state index contributed by atoms with van der Waals surface area (Å²) in [6.45, 7) is 3.81. The lowest BCUT2D eigenvalue weighted by atomic mass is 9.93. The molecule has 0 spiro atoms. The molecule has 0 amide bonds. The summed E-state index contributed by atoms with van der Waals surface area (Å²) in [4.78, 5) is 11.5. The molecule has 0 aromatic heterocycles. The summed E-state index contributed by atoms with van der Waals surface area (Å²) in [6.07, 6.45) is -8.32. The van der Waals surface area contributed by atoms with E-state index in [0.717, 1.165) is 0 Å². The molecule has 0 aliphatic carbocycles. The second-order valence-electron chi connectivity index (χ2n) is 7.30. The molecule has 0 N–H and O–H groups in total. The van der Waals surface area contributed by atoms with E-state index in [1.54, 1.807) is 13.0 Å². The third kappa shape index (κ3) is 4.72. The highest BCUT2D eigenvalue weighted by molar-refractivity contribution is 7.80. The first-order valence-electron chi connectivity index (χ1n) is 8.73. The first kappa shape index (κ1) is 23.5. The van der Waals surface area contributed by atoms with E-state index in [1.165, 1.54) is 32.0 Å². The highest BCUT2D eigenvalue weighted by atomic mass is 32.3. The average Bonchev–Trinajstić information content (AvgIpc) is 2.71. The maximum atomic E-state index is 13.9. The third-order valence-corrected chi connectivity index (χ3v) is 5.51. The van der Waals surface area contributed by atoms with Gasteiger partial charge in [-0.15, -0.1) is 0 Å². The number of hydrogen-bond donors (Lipinski definition) is 0. The van der Waals surface area contributed by atoms with Crippen LogP contribution in [0.15, 0.2) is 24.3 Å². The Labute approximate surface area is 166 Å². The third-order valence-electron chi connectivity index (χ3n) is 5.00. The summed E-state index contributed by atoms with van der Waals surface area (Å²) in [5.41, 5.74) is -1.00. The number of halogens is 3. The lowest BCUT2D eigenvalue weighted by Gasteiger charge is -2.53. The van der Waals surface area contributed by atoms with Gasteiger partial charge in [0.15, 0.2) is 0 Å². The topological polar surface area (TPSA) is 116 Å². The highest BCUT2D eigenvalue weighted by Gasteiger charge is 2.57. The molecule has 2 rings (SSSR count). The molecule has 1 heterocycles. The van der Waals surface area contributed by atoms with Crippen LogP contribution in [0, 0.1) is 5.21 Å². The van der Waals surface area contributed by atoms with Gasteiger partial charge in [0, 0.05) is 5.56 Å². The monoisotopic (exact) mass is 440 g/mol. The number of hydroxylamine groups is 3. The van der Waals surface area contributed by atoms with Gasteiger partial charge < -0.3 is 19.1 Å². The number of fused-ring (bicyclic) bond motifs is 1. The Bertz CT molecular complexity index is 872. The molecule has 0 fully saturated rings. The number of hydrogen-bond acceptors (Lipinski definition) is 7. The summed E-state index contributed by atoms with van der Waals surface area (Å²) in [5.74, 6) is -2.54. The van der Waals surface area contributed by atoms with Crippen molar-refractivity contribution >= 4 is 16.4 Å². The molecule has 3 atom stereocenters. The highest BCUT2D eigenvalue weighted by Crippen LogP contribution is 2.53. The lowest BCUT2D eigenvalue weighted by Crippen LogP contribution is -2.57. The van der Waals surface area contributed by atoms with Crippen LogP contribution in [0.25, 0.3) is 0 Å². The van der Waals surface area contributed by atoms with Gasteiger partial charge in [0.25, 0.3) is 6.23 Å². The van der Waals surface area contributed by atoms with Crippen molar-refractivity contribution in [2.45, 2.75) is 57.7 Å². The van der Waals surface area contributed by atoms with Crippen molar-refractivity contribution in [1.82, 2.24) is 0 Å². The smallest absolute Gasteiger partial charge is 0.491 e. The number of esters is 1. The molecule has 0 saturated carbocycles. The van der Waals surface area contributed by atoms with Crippen LogP contribution in [-0.2, 0) is 29.7 Å². The van der Waals surface area contributed by atoms with Crippen LogP contribution in [0.2, 0.25) is 0 Å². The molecule has 29 heavy (non-hydrogen) atoms. The van der Waals surface area contributed by atoms with Crippen LogP contribution in [0.1, 0.15) is 51.0 Å². The van der Waals surface area contributed by atoms with Crippen molar-refractivity contribution in [3.63, 3.8) is 0 Å². The Hall–Kier alpha value is -1.73. The summed E-state index contributed by atoms with van der Waals surface area (Å²) in [5, 5.41) is 13.9. The predicted octanol–water partition coefficient (Wildman–Crippen LogP) is 3.00. The molecule has 1 aromatic rings. The first-order valence-corrected chi connectivity index (χ1v) is 10.1. The van der Waals surface area contributed by atoms with E-state index in [-0.39, 0.29) is 12.0 Å². The maximum absolute atomic E-state index is 13.9. The summed E-state index contributed by atoms with van der Waals surface area (Å²) < 4.78 is 79.0. The predicted molar refractivity (Wildman–Crippen MR) is 92.3 cm³/mol. The average molecular weight is 440 g/mol. The molecular weight excluding hydrogens is 419 g/mol. The molecular formula is C17H21F3NO7S-. The van der Waals surface area contributed by atoms with Gasteiger partial charge in [0.2, 0.25) is 10.4 Å². The van der Waals surface area contributed by atoms with E-state index in [1.807, 2.05) is 0 Å². The van der Waals surface area contributed by atoms with Gasteiger partial charge in [-0.25, -0.2) is 13.2 Å². The van der Waals surface area contributed by atoms with E-state index in [0.29, 0.717) is 12.0 Å². The Balaban J connectivity index is 2.53.